The van der Waals surface area contributed by atoms with Gasteiger partial charge >= 0.3 is 0 Å². The van der Waals surface area contributed by atoms with E-state index >= 15 is 0 Å². The van der Waals surface area contributed by atoms with E-state index in [0.29, 0.717) is 22.3 Å². The number of hydrogen-bond acceptors (Lipinski definition) is 3. The first-order valence-electron chi connectivity index (χ1n) is 10.4. The van der Waals surface area contributed by atoms with Gasteiger partial charge in [0, 0.05) is 17.5 Å². The van der Waals surface area contributed by atoms with Crippen LogP contribution in [-0.2, 0) is 4.79 Å². The molecule has 0 radical (unpaired) electrons. The van der Waals surface area contributed by atoms with Crippen LogP contribution in [0.5, 0.6) is 0 Å². The molecule has 2 fully saturated rings. The summed E-state index contributed by atoms with van der Waals surface area (Å²) in [6.45, 7) is 1.77. The van der Waals surface area contributed by atoms with Crippen molar-refractivity contribution in [3.63, 3.8) is 0 Å². The Labute approximate surface area is 179 Å². The van der Waals surface area contributed by atoms with Crippen LogP contribution >= 0.6 is 11.6 Å². The third kappa shape index (κ3) is 3.45. The molecule has 2 aromatic heterocycles. The number of amides is 1. The maximum Gasteiger partial charge on any atom is 0.228 e. The summed E-state index contributed by atoms with van der Waals surface area (Å²) in [6.07, 6.45) is 8.42. The number of aryl methyl sites for hydroxylation is 1. The standard InChI is InChI=1S/C24H23ClFN3O/c1-14-10-21-18(11-20(14)26)17(6-9-27-21)15-4-7-24(8-5-15)12-19(24)23(30)29-16-2-3-22(25)28-13-16/h2-3,6,9-11,13,15,19H,4-5,7-8,12H2,1H3,(H,29,30)/t15?,19-,24?/m0/s1. The van der Waals surface area contributed by atoms with Crippen LogP contribution in [-0.4, -0.2) is 15.9 Å². The number of nitrogens with zero attached hydrogens (tertiary/aromatic N) is 2. The molecule has 2 heterocycles. The van der Waals surface area contributed by atoms with Crippen LogP contribution in [0.4, 0.5) is 10.1 Å². The Kier molecular flexibility index (Phi) is 4.73. The minimum atomic E-state index is -0.181. The second kappa shape index (κ2) is 7.31. The number of benzene rings is 1. The summed E-state index contributed by atoms with van der Waals surface area (Å²) in [4.78, 5) is 21.1. The quantitative estimate of drug-likeness (QED) is 0.523. The summed E-state index contributed by atoms with van der Waals surface area (Å²) in [5.41, 5.74) is 3.46. The Balaban J connectivity index is 1.27. The van der Waals surface area contributed by atoms with Crippen LogP contribution in [0.1, 0.15) is 49.1 Å². The molecule has 1 amide bonds. The Bertz CT molecular complexity index is 1120. The molecule has 30 heavy (non-hydrogen) atoms. The molecule has 1 spiro atoms. The fourth-order valence-electron chi connectivity index (χ4n) is 5.10. The summed E-state index contributed by atoms with van der Waals surface area (Å²) >= 11 is 5.81. The highest BCUT2D eigenvalue weighted by Gasteiger charge is 2.58. The van der Waals surface area contributed by atoms with Gasteiger partial charge in [-0.15, -0.1) is 0 Å². The molecule has 2 aliphatic rings. The zero-order valence-electron chi connectivity index (χ0n) is 16.8. The number of hydrogen-bond donors (Lipinski definition) is 1. The van der Waals surface area contributed by atoms with Crippen LogP contribution in [0.2, 0.25) is 5.15 Å². The number of fused-ring (bicyclic) bond motifs is 1. The van der Waals surface area contributed by atoms with Gasteiger partial charge in [0.25, 0.3) is 0 Å². The molecule has 0 saturated heterocycles. The first-order chi connectivity index (χ1) is 14.4. The molecule has 1 atom stereocenters. The van der Waals surface area contributed by atoms with Crippen molar-refractivity contribution in [2.24, 2.45) is 11.3 Å². The van der Waals surface area contributed by atoms with Crippen LogP contribution in [0.3, 0.4) is 0 Å². The summed E-state index contributed by atoms with van der Waals surface area (Å²) in [7, 11) is 0. The molecule has 1 N–H and O–H groups in total. The van der Waals surface area contributed by atoms with Gasteiger partial charge < -0.3 is 5.32 Å². The van der Waals surface area contributed by atoms with E-state index in [1.807, 2.05) is 18.3 Å². The highest BCUT2D eigenvalue weighted by Crippen LogP contribution is 2.63. The number of halogens is 2. The fourth-order valence-corrected chi connectivity index (χ4v) is 5.21. The average Bonchev–Trinajstić information content (AvgIpc) is 3.44. The minimum absolute atomic E-state index is 0.0587. The highest BCUT2D eigenvalue weighted by atomic mass is 35.5. The van der Waals surface area contributed by atoms with Crippen LogP contribution in [0.25, 0.3) is 10.9 Å². The second-order valence-electron chi connectivity index (χ2n) is 8.77. The van der Waals surface area contributed by atoms with Crippen molar-refractivity contribution in [3.8, 4) is 0 Å². The van der Waals surface area contributed by atoms with Gasteiger partial charge in [-0.3, -0.25) is 9.78 Å². The number of rotatable bonds is 3. The maximum atomic E-state index is 14.2. The van der Waals surface area contributed by atoms with Gasteiger partial charge in [-0.1, -0.05) is 11.6 Å². The van der Waals surface area contributed by atoms with E-state index in [0.717, 1.165) is 43.0 Å². The Morgan fingerprint density at radius 1 is 1.20 bits per heavy atom. The Morgan fingerprint density at radius 2 is 2.00 bits per heavy atom. The fraction of sp³-hybridized carbons (Fsp3) is 0.375. The summed E-state index contributed by atoms with van der Waals surface area (Å²) in [5.74, 6) is 0.334. The van der Waals surface area contributed by atoms with Crippen molar-refractivity contribution < 1.29 is 9.18 Å². The van der Waals surface area contributed by atoms with Gasteiger partial charge in [0.1, 0.15) is 11.0 Å². The molecule has 6 heteroatoms. The summed E-state index contributed by atoms with van der Waals surface area (Å²) in [6, 6.07) is 8.93. The van der Waals surface area contributed by atoms with Gasteiger partial charge in [-0.05, 0) is 91.8 Å². The molecule has 154 valence electrons. The lowest BCUT2D eigenvalue weighted by molar-refractivity contribution is -0.118. The van der Waals surface area contributed by atoms with Crippen molar-refractivity contribution >= 4 is 34.1 Å². The molecule has 5 rings (SSSR count). The van der Waals surface area contributed by atoms with Crippen molar-refractivity contribution in [1.82, 2.24) is 9.97 Å². The van der Waals surface area contributed by atoms with Gasteiger partial charge in [0.15, 0.2) is 0 Å². The van der Waals surface area contributed by atoms with Gasteiger partial charge in [-0.25, -0.2) is 9.37 Å². The Morgan fingerprint density at radius 3 is 2.73 bits per heavy atom. The number of carbonyl (C=O) groups is 1. The molecule has 0 unspecified atom stereocenters. The third-order valence-corrected chi connectivity index (χ3v) is 7.20. The van der Waals surface area contributed by atoms with E-state index in [-0.39, 0.29) is 23.1 Å². The first-order valence-corrected chi connectivity index (χ1v) is 10.8. The van der Waals surface area contributed by atoms with Crippen LogP contribution in [0.15, 0.2) is 42.7 Å². The number of aromatic nitrogens is 2. The van der Waals surface area contributed by atoms with Gasteiger partial charge in [-0.2, -0.15) is 0 Å². The lowest BCUT2D eigenvalue weighted by Crippen LogP contribution is -2.22. The highest BCUT2D eigenvalue weighted by molar-refractivity contribution is 6.29. The van der Waals surface area contributed by atoms with E-state index in [1.54, 1.807) is 31.3 Å². The summed E-state index contributed by atoms with van der Waals surface area (Å²) in [5, 5.41) is 4.30. The lowest BCUT2D eigenvalue weighted by atomic mass is 9.75. The molecule has 0 bridgehead atoms. The van der Waals surface area contributed by atoms with Crippen molar-refractivity contribution in [3.05, 3.63) is 64.8 Å². The number of pyridine rings is 2. The number of anilines is 1. The van der Waals surface area contributed by atoms with Crippen LogP contribution in [0, 0.1) is 24.1 Å². The molecule has 3 aromatic rings. The maximum absolute atomic E-state index is 14.2. The molecule has 4 nitrogen and oxygen atoms in total. The van der Waals surface area contributed by atoms with E-state index in [1.165, 1.54) is 5.56 Å². The predicted octanol–water partition coefficient (Wildman–Crippen LogP) is 6.03. The van der Waals surface area contributed by atoms with E-state index in [9.17, 15) is 9.18 Å². The van der Waals surface area contributed by atoms with E-state index in [4.69, 9.17) is 11.6 Å². The molecule has 0 aliphatic heterocycles. The molecular weight excluding hydrogens is 401 g/mol. The Hall–Kier alpha value is -2.53. The van der Waals surface area contributed by atoms with E-state index in [2.05, 4.69) is 15.3 Å². The normalized spacial score (nSPS) is 25.4. The third-order valence-electron chi connectivity index (χ3n) is 6.98. The van der Waals surface area contributed by atoms with Crippen molar-refractivity contribution in [1.29, 1.82) is 0 Å². The van der Waals surface area contributed by atoms with Crippen LogP contribution < -0.4 is 5.32 Å². The smallest absolute Gasteiger partial charge is 0.228 e. The molecule has 2 aliphatic carbocycles. The monoisotopic (exact) mass is 423 g/mol. The SMILES string of the molecule is Cc1cc2nccc(C3CCC4(CC3)C[C@H]4C(=O)Nc3ccc(Cl)nc3)c2cc1F. The van der Waals surface area contributed by atoms with Gasteiger partial charge in [0.2, 0.25) is 5.91 Å². The predicted molar refractivity (Wildman–Crippen MR) is 116 cm³/mol. The van der Waals surface area contributed by atoms with Crippen molar-refractivity contribution in [2.45, 2.75) is 44.9 Å². The number of carbonyl (C=O) groups excluding carboxylic acids is 1. The first kappa shape index (κ1) is 19.4. The zero-order valence-corrected chi connectivity index (χ0v) is 17.5. The zero-order chi connectivity index (χ0) is 20.9. The molecular formula is C24H23ClFN3O. The number of nitrogens with one attached hydrogen (secondary N) is 1. The average molecular weight is 424 g/mol. The second-order valence-corrected chi connectivity index (χ2v) is 9.16. The largest absolute Gasteiger partial charge is 0.324 e. The molecule has 1 aromatic carbocycles. The summed E-state index contributed by atoms with van der Waals surface area (Å²) < 4.78 is 14.2. The molecule has 2 saturated carbocycles. The topological polar surface area (TPSA) is 54.9 Å². The lowest BCUT2D eigenvalue weighted by Gasteiger charge is -2.30. The van der Waals surface area contributed by atoms with Crippen molar-refractivity contribution in [2.75, 3.05) is 5.32 Å². The van der Waals surface area contributed by atoms with E-state index < -0.39 is 0 Å². The minimum Gasteiger partial charge on any atom is -0.324 e. The van der Waals surface area contributed by atoms with Gasteiger partial charge in [0.05, 0.1) is 17.4 Å².